The summed E-state index contributed by atoms with van der Waals surface area (Å²) in [4.78, 5) is 7.30. The van der Waals surface area contributed by atoms with Crippen LogP contribution in [0.1, 0.15) is 132 Å². The van der Waals surface area contributed by atoms with Crippen LogP contribution in [-0.2, 0) is 27.1 Å². The molecule has 0 aliphatic rings. The van der Waals surface area contributed by atoms with Crippen molar-refractivity contribution in [2.75, 3.05) is 17.3 Å². The molecule has 0 saturated carbocycles. The van der Waals surface area contributed by atoms with Gasteiger partial charge in [-0.1, -0.05) is 152 Å². The smallest absolute Gasteiger partial charge is 0.137 e. The molecule has 6 aromatic carbocycles. The number of pyridine rings is 1. The van der Waals surface area contributed by atoms with Gasteiger partial charge in [-0.05, 0) is 139 Å². The Labute approximate surface area is 401 Å². The number of nitrogens with one attached hydrogen (secondary N) is 1. The molecule has 2 heterocycles. The summed E-state index contributed by atoms with van der Waals surface area (Å²) in [5, 5.41) is 6.24. The zero-order valence-electron chi connectivity index (χ0n) is 43.0. The largest absolute Gasteiger partial charge is 0.457 e. The molecule has 0 aliphatic heterocycles. The van der Waals surface area contributed by atoms with Crippen LogP contribution in [0.4, 0.5) is 22.7 Å². The Balaban J connectivity index is 1.25. The van der Waals surface area contributed by atoms with Gasteiger partial charge in [-0.25, -0.2) is 4.98 Å². The van der Waals surface area contributed by atoms with Crippen molar-refractivity contribution in [2.45, 2.75) is 131 Å². The average Bonchev–Trinajstić information content (AvgIpc) is 3.57. The van der Waals surface area contributed by atoms with Crippen molar-refractivity contribution in [1.29, 1.82) is 0 Å². The van der Waals surface area contributed by atoms with Gasteiger partial charge in [0.25, 0.3) is 0 Å². The average molecular weight is 889 g/mol. The molecule has 0 bridgehead atoms. The quantitative estimate of drug-likeness (QED) is 0.165. The highest BCUT2D eigenvalue weighted by molar-refractivity contribution is 6.10. The second-order valence-corrected chi connectivity index (χ2v) is 23.8. The molecule has 5 heteroatoms. The molecule has 0 saturated heterocycles. The minimum Gasteiger partial charge on any atom is -0.457 e. The fourth-order valence-corrected chi connectivity index (χ4v) is 8.78. The lowest BCUT2D eigenvalue weighted by Crippen LogP contribution is -2.18. The second-order valence-electron chi connectivity index (χ2n) is 23.8. The zero-order valence-corrected chi connectivity index (χ0v) is 43.0. The van der Waals surface area contributed by atoms with Crippen molar-refractivity contribution >= 4 is 44.6 Å². The highest BCUT2D eigenvalue weighted by atomic mass is 16.5. The third kappa shape index (κ3) is 10.0. The molecule has 8 rings (SSSR count). The monoisotopic (exact) mass is 889 g/mol. The van der Waals surface area contributed by atoms with Gasteiger partial charge >= 0.3 is 0 Å². The second kappa shape index (κ2) is 17.1. The Bertz CT molecular complexity index is 3070. The third-order valence-corrected chi connectivity index (χ3v) is 13.2. The molecule has 5 nitrogen and oxygen atoms in total. The van der Waals surface area contributed by atoms with E-state index in [1.807, 2.05) is 6.20 Å². The summed E-state index contributed by atoms with van der Waals surface area (Å²) in [7, 11) is 2.18. The van der Waals surface area contributed by atoms with Gasteiger partial charge < -0.3 is 15.0 Å². The van der Waals surface area contributed by atoms with Crippen molar-refractivity contribution in [2.24, 2.45) is 0 Å². The summed E-state index contributed by atoms with van der Waals surface area (Å²) in [5.41, 5.74) is 14.9. The number of nitrogens with zero attached hydrogens (tertiary/aromatic N) is 3. The van der Waals surface area contributed by atoms with Crippen molar-refractivity contribution in [3.8, 4) is 28.4 Å². The molecule has 0 spiro atoms. The highest BCUT2D eigenvalue weighted by Gasteiger charge is 2.25. The lowest BCUT2D eigenvalue weighted by atomic mass is 9.80. The van der Waals surface area contributed by atoms with E-state index < -0.39 is 0 Å². The predicted octanol–water partition coefficient (Wildman–Crippen LogP) is 17.6. The number of hydrogen-bond acceptors (Lipinski definition) is 4. The SMILES string of the molecule is CN(c1cc(Oc2ccc3c4cc(-c5ccccc5)ccc4n(-c4cc(C(C)(C)C)ccn4)c3c2)cc(C(C)(C)C)c1)c1cc(C(C)(C)C)ccc1Nc1cc(C(C)(C)C)cc(C(C)(C)C)c1. The summed E-state index contributed by atoms with van der Waals surface area (Å²) in [6.07, 6.45) is 1.94. The zero-order chi connectivity index (χ0) is 48.4. The molecule has 0 fully saturated rings. The van der Waals surface area contributed by atoms with Crippen LogP contribution in [-0.4, -0.2) is 16.6 Å². The van der Waals surface area contributed by atoms with Crippen LogP contribution >= 0.6 is 0 Å². The van der Waals surface area contributed by atoms with Crippen LogP contribution in [0.2, 0.25) is 0 Å². The van der Waals surface area contributed by atoms with Crippen molar-refractivity contribution in [3.05, 3.63) is 167 Å². The molecule has 0 amide bonds. The van der Waals surface area contributed by atoms with Crippen LogP contribution in [0.3, 0.4) is 0 Å². The van der Waals surface area contributed by atoms with E-state index in [4.69, 9.17) is 9.72 Å². The van der Waals surface area contributed by atoms with E-state index in [1.54, 1.807) is 0 Å². The Morgan fingerprint density at radius 1 is 0.463 bits per heavy atom. The van der Waals surface area contributed by atoms with Crippen LogP contribution in [0.5, 0.6) is 11.5 Å². The van der Waals surface area contributed by atoms with E-state index in [0.29, 0.717) is 0 Å². The van der Waals surface area contributed by atoms with E-state index in [2.05, 4.69) is 259 Å². The van der Waals surface area contributed by atoms with Crippen LogP contribution < -0.4 is 15.0 Å². The first kappa shape index (κ1) is 47.2. The lowest BCUT2D eigenvalue weighted by molar-refractivity contribution is 0.479. The van der Waals surface area contributed by atoms with Gasteiger partial charge in [-0.15, -0.1) is 0 Å². The minimum absolute atomic E-state index is 0.00157. The topological polar surface area (TPSA) is 42.3 Å². The Hall–Kier alpha value is -6.33. The number of anilines is 4. The molecule has 67 heavy (non-hydrogen) atoms. The van der Waals surface area contributed by atoms with Crippen molar-refractivity contribution in [3.63, 3.8) is 0 Å². The van der Waals surface area contributed by atoms with Gasteiger partial charge in [0.05, 0.1) is 22.4 Å². The Morgan fingerprint density at radius 3 is 1.70 bits per heavy atom. The van der Waals surface area contributed by atoms with E-state index in [9.17, 15) is 0 Å². The van der Waals surface area contributed by atoms with Gasteiger partial charge in [-0.3, -0.25) is 4.57 Å². The predicted molar refractivity (Wildman–Crippen MR) is 288 cm³/mol. The molecule has 0 atom stereocenters. The normalized spacial score (nSPS) is 12.8. The molecular weight excluding hydrogens is 817 g/mol. The summed E-state index contributed by atoms with van der Waals surface area (Å²) < 4.78 is 9.32. The summed E-state index contributed by atoms with van der Waals surface area (Å²) in [6.45, 7) is 34.2. The number of hydrogen-bond donors (Lipinski definition) is 1. The lowest BCUT2D eigenvalue weighted by Gasteiger charge is -2.30. The number of fused-ring (bicyclic) bond motifs is 3. The third-order valence-electron chi connectivity index (χ3n) is 13.2. The summed E-state index contributed by atoms with van der Waals surface area (Å²) >= 11 is 0. The van der Waals surface area contributed by atoms with Crippen LogP contribution in [0, 0.1) is 0 Å². The maximum Gasteiger partial charge on any atom is 0.137 e. The standard InChI is InChI=1S/C62H72N4O/c1-58(2,3)42-23-26-53(64-47-32-44(60(7,8)9)31-45(33-47)61(10,11)12)56(36-42)65(16)48-34-46(62(13,14)15)35-50(38-48)67-49-24-25-51-52-30-41(40-20-18-17-19-21-40)22-27-54(52)66(55(51)39-49)57-37-43(28-29-63-57)59(4,5)6/h17-39,64H,1-16H3. The van der Waals surface area contributed by atoms with Crippen LogP contribution in [0.15, 0.2) is 140 Å². The number of aromatic nitrogens is 2. The van der Waals surface area contributed by atoms with E-state index in [-0.39, 0.29) is 27.1 Å². The maximum atomic E-state index is 7.02. The molecule has 2 aromatic heterocycles. The van der Waals surface area contributed by atoms with Gasteiger partial charge in [0, 0.05) is 47.5 Å². The summed E-state index contributed by atoms with van der Waals surface area (Å²) in [5.74, 6) is 2.43. The van der Waals surface area contributed by atoms with E-state index >= 15 is 0 Å². The molecule has 346 valence electrons. The van der Waals surface area contributed by atoms with E-state index in [1.165, 1.54) is 44.3 Å². The van der Waals surface area contributed by atoms with Crippen molar-refractivity contribution in [1.82, 2.24) is 9.55 Å². The fourth-order valence-electron chi connectivity index (χ4n) is 8.78. The molecule has 0 radical (unpaired) electrons. The first-order valence-electron chi connectivity index (χ1n) is 24.0. The van der Waals surface area contributed by atoms with Crippen LogP contribution in [0.25, 0.3) is 38.8 Å². The van der Waals surface area contributed by atoms with Gasteiger partial charge in [0.1, 0.15) is 17.3 Å². The number of rotatable bonds is 8. The molecule has 0 aliphatic carbocycles. The first-order chi connectivity index (χ1) is 31.2. The molecule has 0 unspecified atom stereocenters. The van der Waals surface area contributed by atoms with Gasteiger partial charge in [-0.2, -0.15) is 0 Å². The Kier molecular flexibility index (Phi) is 12.0. The van der Waals surface area contributed by atoms with E-state index in [0.717, 1.165) is 56.5 Å². The summed E-state index contributed by atoms with van der Waals surface area (Å²) in [6, 6.07) is 48.8. The maximum absolute atomic E-state index is 7.02. The number of ether oxygens (including phenoxy) is 1. The van der Waals surface area contributed by atoms with Gasteiger partial charge in [0.2, 0.25) is 0 Å². The number of benzene rings is 6. The first-order valence-corrected chi connectivity index (χ1v) is 24.0. The molecule has 8 aromatic rings. The minimum atomic E-state index is -0.142. The molecular formula is C62H72N4O. The van der Waals surface area contributed by atoms with Crippen molar-refractivity contribution < 1.29 is 4.74 Å². The Morgan fingerprint density at radius 2 is 1.07 bits per heavy atom. The highest BCUT2D eigenvalue weighted by Crippen LogP contribution is 2.43. The fraction of sp³-hybridized carbons (Fsp3) is 0.339. The van der Waals surface area contributed by atoms with Gasteiger partial charge in [0.15, 0.2) is 0 Å². The molecule has 1 N–H and O–H groups in total.